The van der Waals surface area contributed by atoms with Crippen molar-refractivity contribution in [3.05, 3.63) is 0 Å². The second-order valence-corrected chi connectivity index (χ2v) is 4.40. The van der Waals surface area contributed by atoms with E-state index in [4.69, 9.17) is 0 Å². The molecule has 1 saturated heterocycles. The molecular formula is C11H20F3N. The van der Waals surface area contributed by atoms with Crippen LogP contribution in [0.1, 0.15) is 39.5 Å². The fraction of sp³-hybridized carbons (Fsp3) is 1.00. The normalized spacial score (nSPS) is 28.4. The van der Waals surface area contributed by atoms with E-state index in [1.807, 2.05) is 13.8 Å². The van der Waals surface area contributed by atoms with Crippen molar-refractivity contribution in [1.29, 1.82) is 0 Å². The molecule has 0 radical (unpaired) electrons. The summed E-state index contributed by atoms with van der Waals surface area (Å²) in [4.78, 5) is 0. The first-order chi connectivity index (χ1) is 6.99. The van der Waals surface area contributed by atoms with Gasteiger partial charge in [-0.1, -0.05) is 26.7 Å². The Kier molecular flexibility index (Phi) is 4.44. The van der Waals surface area contributed by atoms with E-state index in [0.717, 1.165) is 12.8 Å². The van der Waals surface area contributed by atoms with Gasteiger partial charge in [0.1, 0.15) is 0 Å². The van der Waals surface area contributed by atoms with Gasteiger partial charge in [0.15, 0.2) is 0 Å². The van der Waals surface area contributed by atoms with Gasteiger partial charge in [-0.2, -0.15) is 13.2 Å². The Morgan fingerprint density at radius 1 is 1.27 bits per heavy atom. The molecule has 0 amide bonds. The van der Waals surface area contributed by atoms with Crippen LogP contribution < -0.4 is 5.32 Å². The van der Waals surface area contributed by atoms with Crippen LogP contribution in [0.25, 0.3) is 0 Å². The van der Waals surface area contributed by atoms with E-state index < -0.39 is 12.1 Å². The summed E-state index contributed by atoms with van der Waals surface area (Å²) < 4.78 is 37.7. The number of alkyl halides is 3. The molecule has 0 aliphatic carbocycles. The quantitative estimate of drug-likeness (QED) is 0.773. The van der Waals surface area contributed by atoms with Gasteiger partial charge in [0, 0.05) is 6.04 Å². The predicted octanol–water partition coefficient (Wildman–Crippen LogP) is 3.35. The zero-order valence-electron chi connectivity index (χ0n) is 9.40. The maximum absolute atomic E-state index is 12.6. The van der Waals surface area contributed by atoms with Crippen LogP contribution in [0.5, 0.6) is 0 Å². The second kappa shape index (κ2) is 5.19. The Bertz CT molecular complexity index is 187. The van der Waals surface area contributed by atoms with Gasteiger partial charge in [-0.15, -0.1) is 0 Å². The number of halogens is 3. The molecule has 1 aliphatic rings. The molecule has 1 aliphatic heterocycles. The first-order valence-electron chi connectivity index (χ1n) is 5.79. The van der Waals surface area contributed by atoms with Gasteiger partial charge in [0.2, 0.25) is 0 Å². The van der Waals surface area contributed by atoms with Gasteiger partial charge in [0.05, 0.1) is 5.92 Å². The number of rotatable bonds is 3. The molecule has 0 saturated carbocycles. The molecule has 1 fully saturated rings. The zero-order valence-corrected chi connectivity index (χ0v) is 9.40. The minimum absolute atomic E-state index is 0.0559. The van der Waals surface area contributed by atoms with Crippen molar-refractivity contribution in [3.8, 4) is 0 Å². The van der Waals surface area contributed by atoms with Crippen molar-refractivity contribution in [1.82, 2.24) is 5.32 Å². The summed E-state index contributed by atoms with van der Waals surface area (Å²) in [5.41, 5.74) is 0. The second-order valence-electron chi connectivity index (χ2n) is 4.40. The van der Waals surface area contributed by atoms with Crippen LogP contribution in [-0.2, 0) is 0 Å². The van der Waals surface area contributed by atoms with Crippen molar-refractivity contribution in [2.24, 2.45) is 11.8 Å². The van der Waals surface area contributed by atoms with Crippen molar-refractivity contribution in [3.63, 3.8) is 0 Å². The highest BCUT2D eigenvalue weighted by molar-refractivity contribution is 4.85. The Morgan fingerprint density at radius 3 is 2.33 bits per heavy atom. The van der Waals surface area contributed by atoms with Crippen LogP contribution in [0.15, 0.2) is 0 Å². The molecule has 1 rings (SSSR count). The summed E-state index contributed by atoms with van der Waals surface area (Å²) in [6, 6.07) is 0.0559. The highest BCUT2D eigenvalue weighted by Gasteiger charge is 2.42. The molecule has 0 aromatic rings. The van der Waals surface area contributed by atoms with E-state index in [1.54, 1.807) is 0 Å². The zero-order chi connectivity index (χ0) is 11.5. The highest BCUT2D eigenvalue weighted by atomic mass is 19.4. The van der Waals surface area contributed by atoms with E-state index in [0.29, 0.717) is 12.5 Å². The summed E-state index contributed by atoms with van der Waals surface area (Å²) in [5, 5.41) is 3.22. The average molecular weight is 223 g/mol. The molecule has 1 nitrogen and oxygen atoms in total. The van der Waals surface area contributed by atoms with Crippen LogP contribution in [0, 0.1) is 11.8 Å². The molecule has 0 aromatic heterocycles. The van der Waals surface area contributed by atoms with E-state index in [1.165, 1.54) is 0 Å². The van der Waals surface area contributed by atoms with E-state index in [2.05, 4.69) is 5.32 Å². The van der Waals surface area contributed by atoms with Gasteiger partial charge >= 0.3 is 6.18 Å². The molecule has 4 heteroatoms. The number of hydrogen-bond acceptors (Lipinski definition) is 1. The van der Waals surface area contributed by atoms with Gasteiger partial charge in [-0.25, -0.2) is 0 Å². The Labute approximate surface area is 89.4 Å². The molecule has 2 atom stereocenters. The van der Waals surface area contributed by atoms with Crippen LogP contribution in [0.3, 0.4) is 0 Å². The van der Waals surface area contributed by atoms with E-state index in [9.17, 15) is 13.2 Å². The topological polar surface area (TPSA) is 12.0 Å². The van der Waals surface area contributed by atoms with Gasteiger partial charge < -0.3 is 5.32 Å². The largest absolute Gasteiger partial charge is 0.391 e. The number of piperidine rings is 1. The van der Waals surface area contributed by atoms with Gasteiger partial charge in [-0.3, -0.25) is 0 Å². The third kappa shape index (κ3) is 3.37. The standard InChI is InChI=1S/C11H20F3N/c1-3-8(4-2)10-7-9(5-6-15-10)11(12,13)14/h8-10,15H,3-7H2,1-2H3. The van der Waals surface area contributed by atoms with Crippen molar-refractivity contribution < 1.29 is 13.2 Å². The average Bonchev–Trinajstić information content (AvgIpc) is 2.19. The summed E-state index contributed by atoms with van der Waals surface area (Å²) in [7, 11) is 0. The maximum atomic E-state index is 12.6. The Hall–Kier alpha value is -0.250. The molecule has 0 bridgehead atoms. The number of hydrogen-bond donors (Lipinski definition) is 1. The first-order valence-corrected chi connectivity index (χ1v) is 5.79. The summed E-state index contributed by atoms with van der Waals surface area (Å²) in [6.45, 7) is 4.60. The fourth-order valence-corrected chi connectivity index (χ4v) is 2.46. The predicted molar refractivity (Wildman–Crippen MR) is 54.6 cm³/mol. The molecule has 2 unspecified atom stereocenters. The first kappa shape index (κ1) is 12.8. The smallest absolute Gasteiger partial charge is 0.314 e. The molecule has 15 heavy (non-hydrogen) atoms. The van der Waals surface area contributed by atoms with Crippen LogP contribution in [-0.4, -0.2) is 18.8 Å². The fourth-order valence-electron chi connectivity index (χ4n) is 2.46. The molecule has 90 valence electrons. The Balaban J connectivity index is 2.55. The lowest BCUT2D eigenvalue weighted by Crippen LogP contribution is -2.46. The summed E-state index contributed by atoms with van der Waals surface area (Å²) in [5.74, 6) is -0.709. The summed E-state index contributed by atoms with van der Waals surface area (Å²) >= 11 is 0. The van der Waals surface area contributed by atoms with Crippen LogP contribution in [0.4, 0.5) is 13.2 Å². The van der Waals surface area contributed by atoms with Crippen LogP contribution >= 0.6 is 0 Å². The maximum Gasteiger partial charge on any atom is 0.391 e. The minimum atomic E-state index is -4.01. The van der Waals surface area contributed by atoms with Crippen LogP contribution in [0.2, 0.25) is 0 Å². The molecular weight excluding hydrogens is 203 g/mol. The lowest BCUT2D eigenvalue weighted by atomic mass is 9.83. The lowest BCUT2D eigenvalue weighted by Gasteiger charge is -2.35. The molecule has 0 spiro atoms. The van der Waals surface area contributed by atoms with E-state index in [-0.39, 0.29) is 18.9 Å². The van der Waals surface area contributed by atoms with E-state index >= 15 is 0 Å². The van der Waals surface area contributed by atoms with Crippen molar-refractivity contribution >= 4 is 0 Å². The minimum Gasteiger partial charge on any atom is -0.314 e. The molecule has 1 N–H and O–H groups in total. The van der Waals surface area contributed by atoms with Crippen molar-refractivity contribution in [2.45, 2.75) is 51.7 Å². The third-order valence-corrected chi connectivity index (χ3v) is 3.52. The highest BCUT2D eigenvalue weighted by Crippen LogP contribution is 2.36. The summed E-state index contributed by atoms with van der Waals surface area (Å²) in [6.07, 6.45) is -1.60. The van der Waals surface area contributed by atoms with Gasteiger partial charge in [-0.05, 0) is 25.3 Å². The SMILES string of the molecule is CCC(CC)C1CC(C(F)(F)F)CCN1. The van der Waals surface area contributed by atoms with Gasteiger partial charge in [0.25, 0.3) is 0 Å². The molecule has 0 aromatic carbocycles. The Morgan fingerprint density at radius 2 is 1.87 bits per heavy atom. The van der Waals surface area contributed by atoms with Crippen molar-refractivity contribution in [2.75, 3.05) is 6.54 Å². The lowest BCUT2D eigenvalue weighted by molar-refractivity contribution is -0.184. The monoisotopic (exact) mass is 223 g/mol. The third-order valence-electron chi connectivity index (χ3n) is 3.52. The molecule has 1 heterocycles. The number of nitrogens with one attached hydrogen (secondary N) is 1.